The number of carbonyl (C=O) groups is 2. The highest BCUT2D eigenvalue weighted by Crippen LogP contribution is 2.31. The van der Waals surface area contributed by atoms with Gasteiger partial charge in [0.2, 0.25) is 5.91 Å². The van der Waals surface area contributed by atoms with E-state index in [9.17, 15) is 19.7 Å². The van der Waals surface area contributed by atoms with Crippen molar-refractivity contribution in [3.63, 3.8) is 0 Å². The van der Waals surface area contributed by atoms with E-state index in [1.165, 1.54) is 12.1 Å². The normalized spacial score (nSPS) is 17.6. The molecule has 0 atom stereocenters. The van der Waals surface area contributed by atoms with E-state index in [2.05, 4.69) is 5.43 Å². The lowest BCUT2D eigenvalue weighted by Gasteiger charge is -2.28. The third kappa shape index (κ3) is 1.67. The molecule has 0 spiro atoms. The molecule has 8 nitrogen and oxygen atoms in total. The Morgan fingerprint density at radius 3 is 2.77 bits per heavy atom. The molecule has 1 aliphatic heterocycles. The van der Waals surface area contributed by atoms with Gasteiger partial charge in [-0.2, -0.15) is 0 Å². The molecular weight excluding hydrogens is 288 g/mol. The van der Waals surface area contributed by atoms with Gasteiger partial charge in [0.25, 0.3) is 5.52 Å². The number of fused-ring (bicyclic) bond motifs is 2. The Morgan fingerprint density at radius 2 is 2.05 bits per heavy atom. The van der Waals surface area contributed by atoms with E-state index >= 15 is 0 Å². The Balaban J connectivity index is 1.92. The van der Waals surface area contributed by atoms with Crippen molar-refractivity contribution in [2.75, 3.05) is 0 Å². The topological polar surface area (TPSA) is 100 Å². The van der Waals surface area contributed by atoms with Gasteiger partial charge < -0.3 is 9.94 Å². The van der Waals surface area contributed by atoms with Crippen molar-refractivity contribution < 1.29 is 14.0 Å². The van der Waals surface area contributed by atoms with Crippen molar-refractivity contribution >= 4 is 22.8 Å². The zero-order valence-corrected chi connectivity index (χ0v) is 11.5. The molecule has 1 aromatic heterocycles. The molecule has 2 aliphatic rings. The predicted molar refractivity (Wildman–Crippen MR) is 74.8 cm³/mol. The van der Waals surface area contributed by atoms with Crippen LogP contribution in [0.15, 0.2) is 24.3 Å². The highest BCUT2D eigenvalue weighted by atomic mass is 16.5. The van der Waals surface area contributed by atoms with Crippen molar-refractivity contribution in [3.05, 3.63) is 45.8 Å². The van der Waals surface area contributed by atoms with Gasteiger partial charge in [0.05, 0.1) is 11.0 Å². The molecule has 1 aliphatic carbocycles. The summed E-state index contributed by atoms with van der Waals surface area (Å²) < 4.78 is 1.01. The number of carbonyl (C=O) groups excluding carboxylic acids is 2. The van der Waals surface area contributed by atoms with Crippen LogP contribution in [0.5, 0.6) is 0 Å². The van der Waals surface area contributed by atoms with Gasteiger partial charge in [-0.1, -0.05) is 12.1 Å². The second kappa shape index (κ2) is 4.38. The highest BCUT2D eigenvalue weighted by Gasteiger charge is 2.43. The fourth-order valence-corrected chi connectivity index (χ4v) is 2.68. The molecule has 1 fully saturated rings. The van der Waals surface area contributed by atoms with Gasteiger partial charge in [0.15, 0.2) is 0 Å². The van der Waals surface area contributed by atoms with Gasteiger partial charge >= 0.3 is 11.6 Å². The molecule has 22 heavy (non-hydrogen) atoms. The maximum Gasteiger partial charge on any atom is 0.350 e. The molecule has 0 saturated heterocycles. The van der Waals surface area contributed by atoms with Crippen LogP contribution in [0, 0.1) is 16.0 Å². The van der Waals surface area contributed by atoms with Gasteiger partial charge in [0.1, 0.15) is 11.2 Å². The largest absolute Gasteiger partial charge is 0.805 e. The summed E-state index contributed by atoms with van der Waals surface area (Å²) in [4.78, 5) is 37.0. The lowest BCUT2D eigenvalue weighted by Crippen LogP contribution is -2.54. The molecule has 0 radical (unpaired) electrons. The number of nitrogens with zero attached hydrogens (tertiary/aromatic N) is 3. The van der Waals surface area contributed by atoms with Gasteiger partial charge in [-0.15, -0.1) is 0 Å². The van der Waals surface area contributed by atoms with E-state index in [-0.39, 0.29) is 40.8 Å². The van der Waals surface area contributed by atoms with Crippen molar-refractivity contribution in [2.45, 2.75) is 19.4 Å². The Kier molecular flexibility index (Phi) is 2.58. The second-order valence-corrected chi connectivity index (χ2v) is 5.46. The third-order valence-corrected chi connectivity index (χ3v) is 4.00. The van der Waals surface area contributed by atoms with Crippen LogP contribution in [0.1, 0.15) is 29.0 Å². The number of hydrazine groups is 1. The summed E-state index contributed by atoms with van der Waals surface area (Å²) in [5.41, 5.74) is 2.67. The van der Waals surface area contributed by atoms with Crippen LogP contribution in [0.3, 0.4) is 0 Å². The number of benzene rings is 1. The van der Waals surface area contributed by atoms with Crippen molar-refractivity contribution in [1.29, 1.82) is 0 Å². The Hall–Kier alpha value is -2.74. The molecule has 1 N–H and O–H groups in total. The quantitative estimate of drug-likeness (QED) is 0.603. The maximum absolute atomic E-state index is 12.5. The molecule has 8 heteroatoms. The van der Waals surface area contributed by atoms with E-state index in [4.69, 9.17) is 0 Å². The van der Waals surface area contributed by atoms with Crippen molar-refractivity contribution in [2.24, 2.45) is 5.92 Å². The number of imide groups is 1. The van der Waals surface area contributed by atoms with Gasteiger partial charge in [0, 0.05) is 16.9 Å². The van der Waals surface area contributed by atoms with Gasteiger partial charge in [-0.25, -0.2) is 10.4 Å². The minimum atomic E-state index is -0.775. The molecule has 0 unspecified atom stereocenters. The zero-order valence-electron chi connectivity index (χ0n) is 11.5. The second-order valence-electron chi connectivity index (χ2n) is 5.46. The summed E-state index contributed by atoms with van der Waals surface area (Å²) >= 11 is 0. The standard InChI is InChI=1S/C14H12N4O4/c19-13(8-5-6-8)16-14(20)12-11(7-15-16)17(21)9-3-1-2-4-10(9)18(12)22/h1-4,8,15H,5-7H2. The summed E-state index contributed by atoms with van der Waals surface area (Å²) in [6.07, 6.45) is 1.49. The van der Waals surface area contributed by atoms with Crippen LogP contribution < -0.4 is 9.85 Å². The van der Waals surface area contributed by atoms with E-state index < -0.39 is 5.91 Å². The van der Waals surface area contributed by atoms with Gasteiger partial charge in [-0.05, 0) is 18.9 Å². The molecule has 0 bridgehead atoms. The minimum absolute atomic E-state index is 0.0264. The number of hydrogen-bond donors (Lipinski definition) is 1. The van der Waals surface area contributed by atoms with Crippen LogP contribution in [0.2, 0.25) is 0 Å². The molecule has 4 rings (SSSR count). The number of aromatic nitrogens is 2. The smallest absolute Gasteiger partial charge is 0.350 e. The average molecular weight is 300 g/mol. The molecule has 1 saturated carbocycles. The first-order valence-corrected chi connectivity index (χ1v) is 6.98. The third-order valence-electron chi connectivity index (χ3n) is 4.00. The van der Waals surface area contributed by atoms with E-state index in [1.807, 2.05) is 0 Å². The number of nitrogens with one attached hydrogen (secondary N) is 1. The Morgan fingerprint density at radius 1 is 1.32 bits per heavy atom. The molecular formula is C14H12N4O4. The first-order chi connectivity index (χ1) is 10.6. The SMILES string of the molecule is O=C1c2c(n([O-])c3ccccc3[n+]2=O)CNN1C(=O)C1CC1. The van der Waals surface area contributed by atoms with Crippen molar-refractivity contribution in [1.82, 2.24) is 15.2 Å². The molecule has 1 aromatic carbocycles. The van der Waals surface area contributed by atoms with E-state index in [1.54, 1.807) is 12.1 Å². The van der Waals surface area contributed by atoms with Gasteiger partial charge in [-0.3, -0.25) is 9.59 Å². The molecule has 2 aromatic rings. The first-order valence-electron chi connectivity index (χ1n) is 6.98. The minimum Gasteiger partial charge on any atom is -0.805 e. The number of rotatable bonds is 1. The van der Waals surface area contributed by atoms with Crippen LogP contribution >= 0.6 is 0 Å². The molecule has 112 valence electrons. The Labute approximate surface area is 124 Å². The Bertz CT molecular complexity index is 884. The summed E-state index contributed by atoms with van der Waals surface area (Å²) in [6.45, 7) is -0.0455. The fraction of sp³-hybridized carbons (Fsp3) is 0.286. The highest BCUT2D eigenvalue weighted by molar-refractivity contribution is 6.05. The van der Waals surface area contributed by atoms with Crippen molar-refractivity contribution in [3.8, 4) is 0 Å². The summed E-state index contributed by atoms with van der Waals surface area (Å²) in [7, 11) is 0. The molecule has 2 heterocycles. The van der Waals surface area contributed by atoms with Crippen LogP contribution in [-0.2, 0) is 11.3 Å². The van der Waals surface area contributed by atoms with Crippen LogP contribution in [-0.4, -0.2) is 21.6 Å². The van der Waals surface area contributed by atoms with Crippen LogP contribution in [0.25, 0.3) is 11.0 Å². The molecule has 2 amide bonds. The van der Waals surface area contributed by atoms with E-state index in [0.29, 0.717) is 9.16 Å². The lowest BCUT2D eigenvalue weighted by atomic mass is 10.2. The first kappa shape index (κ1) is 13.0. The number of hydrogen-bond acceptors (Lipinski definition) is 5. The number of amides is 2. The van der Waals surface area contributed by atoms with E-state index in [0.717, 1.165) is 17.9 Å². The summed E-state index contributed by atoms with van der Waals surface area (Å²) in [5, 5.41) is 13.2. The zero-order chi connectivity index (χ0) is 15.4. The number of para-hydroxylation sites is 2. The van der Waals surface area contributed by atoms with Crippen LogP contribution in [0.4, 0.5) is 0 Å². The summed E-state index contributed by atoms with van der Waals surface area (Å²) in [5.74, 6) is -1.29. The lowest BCUT2D eigenvalue weighted by molar-refractivity contribution is -0.469. The monoisotopic (exact) mass is 300 g/mol. The fourth-order valence-electron chi connectivity index (χ4n) is 2.68. The maximum atomic E-state index is 12.5. The average Bonchev–Trinajstić information content (AvgIpc) is 3.36. The summed E-state index contributed by atoms with van der Waals surface area (Å²) in [6, 6.07) is 6.24. The predicted octanol–water partition coefficient (Wildman–Crippen LogP) is 0.299.